The summed E-state index contributed by atoms with van der Waals surface area (Å²) in [5, 5.41) is 0. The summed E-state index contributed by atoms with van der Waals surface area (Å²) in [6.45, 7) is 0.623. The number of amides is 2. The molecule has 1 atom stereocenters. The van der Waals surface area contributed by atoms with Gasteiger partial charge in [0.1, 0.15) is 18.1 Å². The summed E-state index contributed by atoms with van der Waals surface area (Å²) in [5.74, 6) is -1.97. The molecule has 1 heterocycles. The highest BCUT2D eigenvalue weighted by atomic mass is 19.4. The van der Waals surface area contributed by atoms with Gasteiger partial charge in [0.15, 0.2) is 6.10 Å². The highest BCUT2D eigenvalue weighted by molar-refractivity contribution is 5.84. The lowest BCUT2D eigenvalue weighted by Gasteiger charge is -2.15. The molecule has 0 aliphatic rings. The van der Waals surface area contributed by atoms with Crippen LogP contribution in [-0.2, 0) is 22.3 Å². The van der Waals surface area contributed by atoms with Gasteiger partial charge in [0.2, 0.25) is 0 Å². The molecule has 0 spiro atoms. The van der Waals surface area contributed by atoms with Crippen LogP contribution in [0.15, 0.2) is 47.4 Å². The van der Waals surface area contributed by atoms with E-state index in [2.05, 4.69) is 0 Å². The number of carbonyl (C=O) groups excluding carboxylic acids is 2. The van der Waals surface area contributed by atoms with E-state index in [9.17, 15) is 31.9 Å². The number of hydrogen-bond acceptors (Lipinski definition) is 4. The van der Waals surface area contributed by atoms with Crippen LogP contribution in [0.3, 0.4) is 0 Å². The summed E-state index contributed by atoms with van der Waals surface area (Å²) in [6.07, 6.45) is -5.24. The van der Waals surface area contributed by atoms with Crippen molar-refractivity contribution in [2.45, 2.75) is 25.7 Å². The highest BCUT2D eigenvalue weighted by Crippen LogP contribution is 2.27. The van der Waals surface area contributed by atoms with Gasteiger partial charge in [-0.2, -0.15) is 13.2 Å². The predicted octanol–water partition coefficient (Wildman–Crippen LogP) is 1.62. The van der Waals surface area contributed by atoms with Crippen LogP contribution in [0.5, 0.6) is 5.75 Å². The standard InChI is InChI=1S/C17H15F4N3O4/c1-10(28-13-5-3-12(18)4-6-13)16(27)23-22-14(25)9-24-8-11(17(19,20)21)2-7-15(24)26/h2-8,10H,9H2,1H3,(H,22,25)(H,23,27). The van der Waals surface area contributed by atoms with Crippen molar-refractivity contribution < 1.29 is 31.9 Å². The van der Waals surface area contributed by atoms with Crippen LogP contribution < -0.4 is 21.1 Å². The first-order chi connectivity index (χ1) is 13.1. The van der Waals surface area contributed by atoms with E-state index >= 15 is 0 Å². The van der Waals surface area contributed by atoms with E-state index in [-0.39, 0.29) is 5.75 Å². The molecule has 1 aromatic carbocycles. The Balaban J connectivity index is 1.90. The number of ether oxygens (including phenoxy) is 1. The molecule has 0 radical (unpaired) electrons. The number of benzene rings is 1. The second-order valence-electron chi connectivity index (χ2n) is 5.63. The number of nitrogens with zero attached hydrogens (tertiary/aromatic N) is 1. The maximum atomic E-state index is 12.8. The Hall–Kier alpha value is -3.37. The van der Waals surface area contributed by atoms with Crippen LogP contribution in [0, 0.1) is 5.82 Å². The molecule has 1 unspecified atom stereocenters. The fourth-order valence-corrected chi connectivity index (χ4v) is 2.02. The first-order valence-corrected chi connectivity index (χ1v) is 7.85. The fraction of sp³-hybridized carbons (Fsp3) is 0.235. The number of alkyl halides is 3. The molecule has 1 aromatic heterocycles. The maximum absolute atomic E-state index is 12.8. The Kier molecular flexibility index (Phi) is 6.39. The second-order valence-corrected chi connectivity index (χ2v) is 5.63. The molecule has 2 N–H and O–H groups in total. The molecule has 0 saturated heterocycles. The van der Waals surface area contributed by atoms with Gasteiger partial charge in [-0.05, 0) is 37.3 Å². The summed E-state index contributed by atoms with van der Waals surface area (Å²) in [5.41, 5.74) is 2.09. The number of halogens is 4. The monoisotopic (exact) mass is 401 g/mol. The minimum atomic E-state index is -4.67. The Morgan fingerprint density at radius 2 is 1.75 bits per heavy atom. The quantitative estimate of drug-likeness (QED) is 0.589. The molecule has 0 aliphatic heterocycles. The Bertz CT molecular complexity index is 910. The Morgan fingerprint density at radius 3 is 2.36 bits per heavy atom. The first-order valence-electron chi connectivity index (χ1n) is 7.85. The van der Waals surface area contributed by atoms with Gasteiger partial charge >= 0.3 is 6.18 Å². The fourth-order valence-electron chi connectivity index (χ4n) is 2.02. The largest absolute Gasteiger partial charge is 0.481 e. The molecule has 2 aromatic rings. The van der Waals surface area contributed by atoms with Crippen molar-refractivity contribution in [1.82, 2.24) is 15.4 Å². The summed E-state index contributed by atoms with van der Waals surface area (Å²) in [4.78, 5) is 35.3. The molecule has 0 fully saturated rings. The molecule has 0 saturated carbocycles. The van der Waals surface area contributed by atoms with Crippen LogP contribution >= 0.6 is 0 Å². The van der Waals surface area contributed by atoms with E-state index in [0.717, 1.165) is 12.1 Å². The van der Waals surface area contributed by atoms with E-state index in [4.69, 9.17) is 4.74 Å². The van der Waals surface area contributed by atoms with Crippen LogP contribution in [0.2, 0.25) is 0 Å². The zero-order valence-corrected chi connectivity index (χ0v) is 14.4. The van der Waals surface area contributed by atoms with Gasteiger partial charge in [0.05, 0.1) is 5.56 Å². The van der Waals surface area contributed by atoms with E-state index < -0.39 is 47.6 Å². The zero-order valence-electron chi connectivity index (χ0n) is 14.4. The molecule has 2 amide bonds. The van der Waals surface area contributed by atoms with Crippen LogP contribution in [-0.4, -0.2) is 22.5 Å². The van der Waals surface area contributed by atoms with Crippen molar-refractivity contribution >= 4 is 11.8 Å². The predicted molar refractivity (Wildman–Crippen MR) is 88.5 cm³/mol. The average molecular weight is 401 g/mol. The van der Waals surface area contributed by atoms with Gasteiger partial charge in [-0.25, -0.2) is 4.39 Å². The molecule has 7 nitrogen and oxygen atoms in total. The third kappa shape index (κ3) is 5.83. The Morgan fingerprint density at radius 1 is 1.11 bits per heavy atom. The Labute approximate surface area is 155 Å². The smallest absolute Gasteiger partial charge is 0.417 e. The lowest BCUT2D eigenvalue weighted by molar-refractivity contribution is -0.138. The SMILES string of the molecule is CC(Oc1ccc(F)cc1)C(=O)NNC(=O)Cn1cc(C(F)(F)F)ccc1=O. The van der Waals surface area contributed by atoms with Crippen molar-refractivity contribution in [3.05, 3.63) is 64.3 Å². The van der Waals surface area contributed by atoms with Gasteiger partial charge in [0.25, 0.3) is 17.4 Å². The number of nitrogens with one attached hydrogen (secondary N) is 2. The molecule has 150 valence electrons. The van der Waals surface area contributed by atoms with E-state index in [1.807, 2.05) is 10.9 Å². The summed E-state index contributed by atoms with van der Waals surface area (Å²) in [7, 11) is 0. The number of carbonyl (C=O) groups is 2. The molecule has 0 bridgehead atoms. The number of rotatable bonds is 5. The second kappa shape index (κ2) is 8.55. The van der Waals surface area contributed by atoms with Crippen LogP contribution in [0.25, 0.3) is 0 Å². The third-order valence-electron chi connectivity index (χ3n) is 3.45. The van der Waals surface area contributed by atoms with E-state index in [1.54, 1.807) is 0 Å². The van der Waals surface area contributed by atoms with Crippen molar-refractivity contribution in [3.63, 3.8) is 0 Å². The highest BCUT2D eigenvalue weighted by Gasteiger charge is 2.31. The summed E-state index contributed by atoms with van der Waals surface area (Å²) in [6, 6.07) is 6.17. The zero-order chi connectivity index (χ0) is 20.9. The molecule has 0 aliphatic carbocycles. The van der Waals surface area contributed by atoms with Crippen molar-refractivity contribution in [3.8, 4) is 5.75 Å². The average Bonchev–Trinajstić information content (AvgIpc) is 2.62. The van der Waals surface area contributed by atoms with E-state index in [0.29, 0.717) is 22.9 Å². The van der Waals surface area contributed by atoms with Gasteiger partial charge in [-0.1, -0.05) is 0 Å². The maximum Gasteiger partial charge on any atom is 0.417 e. The van der Waals surface area contributed by atoms with Crippen molar-refractivity contribution in [1.29, 1.82) is 0 Å². The lowest BCUT2D eigenvalue weighted by atomic mass is 10.3. The number of hydrazine groups is 1. The minimum Gasteiger partial charge on any atom is -0.481 e. The van der Waals surface area contributed by atoms with Gasteiger partial charge in [0, 0.05) is 12.3 Å². The molecule has 2 rings (SSSR count). The third-order valence-corrected chi connectivity index (χ3v) is 3.45. The van der Waals surface area contributed by atoms with Gasteiger partial charge < -0.3 is 9.30 Å². The van der Waals surface area contributed by atoms with Crippen molar-refractivity contribution in [2.75, 3.05) is 0 Å². The lowest BCUT2D eigenvalue weighted by Crippen LogP contribution is -2.48. The number of aromatic nitrogens is 1. The van der Waals surface area contributed by atoms with Gasteiger partial charge in [-0.15, -0.1) is 0 Å². The minimum absolute atomic E-state index is 0.214. The van der Waals surface area contributed by atoms with Crippen LogP contribution in [0.4, 0.5) is 17.6 Å². The summed E-state index contributed by atoms with van der Waals surface area (Å²) >= 11 is 0. The summed E-state index contributed by atoms with van der Waals surface area (Å²) < 4.78 is 56.6. The molecule has 28 heavy (non-hydrogen) atoms. The molecule has 11 heteroatoms. The molecular weight excluding hydrogens is 386 g/mol. The van der Waals surface area contributed by atoms with Crippen LogP contribution in [0.1, 0.15) is 12.5 Å². The normalized spacial score (nSPS) is 12.2. The first kappa shape index (κ1) is 20.9. The molecular formula is C17H15F4N3O4. The van der Waals surface area contributed by atoms with Crippen molar-refractivity contribution in [2.24, 2.45) is 0 Å². The van der Waals surface area contributed by atoms with E-state index in [1.165, 1.54) is 19.1 Å². The number of pyridine rings is 1. The topological polar surface area (TPSA) is 89.4 Å². The van der Waals surface area contributed by atoms with Gasteiger partial charge in [-0.3, -0.25) is 25.2 Å². The number of hydrogen-bond donors (Lipinski definition) is 2.